The molecular formula is C30H39N3OS. The zero-order valence-electron chi connectivity index (χ0n) is 20.9. The first-order chi connectivity index (χ1) is 17.1. The van der Waals surface area contributed by atoms with Crippen LogP contribution in [0.15, 0.2) is 72.8 Å². The fourth-order valence-electron chi connectivity index (χ4n) is 5.65. The number of rotatable bonds is 13. The first-order valence-electron chi connectivity index (χ1n) is 13.1. The fourth-order valence-corrected chi connectivity index (χ4v) is 6.75. The van der Waals surface area contributed by atoms with Gasteiger partial charge in [0.15, 0.2) is 0 Å². The predicted octanol–water partition coefficient (Wildman–Crippen LogP) is 5.02. The maximum atomic E-state index is 13.2. The van der Waals surface area contributed by atoms with Crippen LogP contribution in [0.25, 0.3) is 0 Å². The lowest BCUT2D eigenvalue weighted by molar-refractivity contribution is -0.123. The van der Waals surface area contributed by atoms with Crippen LogP contribution < -0.4 is 11.1 Å². The van der Waals surface area contributed by atoms with Crippen molar-refractivity contribution < 1.29 is 4.79 Å². The smallest absolute Gasteiger partial charge is 0.232 e. The van der Waals surface area contributed by atoms with Gasteiger partial charge in [-0.1, -0.05) is 67.6 Å². The molecule has 3 N–H and O–H groups in total. The van der Waals surface area contributed by atoms with Gasteiger partial charge in [0.2, 0.25) is 5.91 Å². The van der Waals surface area contributed by atoms with E-state index in [2.05, 4.69) is 53.5 Å². The van der Waals surface area contributed by atoms with E-state index < -0.39 is 5.41 Å². The lowest BCUT2D eigenvalue weighted by atomic mass is 9.64. The highest BCUT2D eigenvalue weighted by Gasteiger charge is 2.49. The van der Waals surface area contributed by atoms with Crippen LogP contribution in [0, 0.1) is 5.92 Å². The minimum atomic E-state index is -0.799. The molecule has 1 aliphatic heterocycles. The molecule has 1 unspecified atom stereocenters. The number of likely N-dealkylation sites (tertiary alicyclic amines) is 1. The minimum absolute atomic E-state index is 0.162. The van der Waals surface area contributed by atoms with Crippen LogP contribution in [0.2, 0.25) is 0 Å². The Bertz CT molecular complexity index is 1010. The predicted molar refractivity (Wildman–Crippen MR) is 147 cm³/mol. The zero-order valence-corrected chi connectivity index (χ0v) is 21.7. The number of carbonyl (C=O) groups excluding carboxylic acids is 1. The molecule has 2 aromatic carbocycles. The summed E-state index contributed by atoms with van der Waals surface area (Å²) in [5.41, 5.74) is 7.44. The van der Waals surface area contributed by atoms with Gasteiger partial charge >= 0.3 is 0 Å². The molecule has 0 aliphatic carbocycles. The van der Waals surface area contributed by atoms with Gasteiger partial charge in [0.05, 0.1) is 0 Å². The standard InChI is InChI=1S/C30H39N3OS/c1-2-32-20-9-15-27-17-18-28(35-27)16-10-21-33-22-19-26(23-33)30(29(31)34,24-11-5-3-6-12-24)25-13-7-4-8-14-25/h3-8,11-14,17-18,26,32H,2,9-10,15-16,19-23H2,1H3,(H2,31,34). The molecule has 1 fully saturated rings. The lowest BCUT2D eigenvalue weighted by Crippen LogP contribution is -2.49. The van der Waals surface area contributed by atoms with Crippen molar-refractivity contribution in [1.29, 1.82) is 0 Å². The maximum absolute atomic E-state index is 13.2. The third-order valence-corrected chi connectivity index (χ3v) is 8.58. The van der Waals surface area contributed by atoms with Crippen LogP contribution in [-0.4, -0.2) is 43.5 Å². The van der Waals surface area contributed by atoms with Crippen LogP contribution in [0.5, 0.6) is 0 Å². The molecule has 4 nitrogen and oxygen atoms in total. The van der Waals surface area contributed by atoms with Crippen molar-refractivity contribution in [2.24, 2.45) is 11.7 Å². The van der Waals surface area contributed by atoms with E-state index in [1.54, 1.807) is 0 Å². The third kappa shape index (κ3) is 6.03. The molecule has 1 aliphatic rings. The van der Waals surface area contributed by atoms with Crippen molar-refractivity contribution in [2.45, 2.75) is 44.4 Å². The number of nitrogens with zero attached hydrogens (tertiary/aromatic N) is 1. The van der Waals surface area contributed by atoms with E-state index in [0.717, 1.165) is 63.1 Å². The number of thiophene rings is 1. The summed E-state index contributed by atoms with van der Waals surface area (Å²) < 4.78 is 0. The summed E-state index contributed by atoms with van der Waals surface area (Å²) in [5, 5.41) is 3.40. The Hall–Kier alpha value is -2.47. The van der Waals surface area contributed by atoms with E-state index in [4.69, 9.17) is 5.73 Å². The van der Waals surface area contributed by atoms with Crippen LogP contribution >= 0.6 is 11.3 Å². The number of hydrogen-bond donors (Lipinski definition) is 2. The van der Waals surface area contributed by atoms with E-state index in [1.807, 2.05) is 47.7 Å². The largest absolute Gasteiger partial charge is 0.369 e. The summed E-state index contributed by atoms with van der Waals surface area (Å²) in [6.07, 6.45) is 5.61. The van der Waals surface area contributed by atoms with Gasteiger partial charge in [-0.15, -0.1) is 11.3 Å². The molecule has 1 aromatic heterocycles. The van der Waals surface area contributed by atoms with Gasteiger partial charge in [-0.2, -0.15) is 0 Å². The first-order valence-corrected chi connectivity index (χ1v) is 13.9. The summed E-state index contributed by atoms with van der Waals surface area (Å²) in [5.74, 6) is -0.0862. The van der Waals surface area contributed by atoms with Gasteiger partial charge in [0, 0.05) is 16.3 Å². The number of hydrogen-bond acceptors (Lipinski definition) is 4. The highest BCUT2D eigenvalue weighted by molar-refractivity contribution is 7.11. The minimum Gasteiger partial charge on any atom is -0.369 e. The second-order valence-electron chi connectivity index (χ2n) is 9.62. The molecule has 5 heteroatoms. The van der Waals surface area contributed by atoms with Crippen LogP contribution in [0.3, 0.4) is 0 Å². The van der Waals surface area contributed by atoms with E-state index in [0.29, 0.717) is 0 Å². The van der Waals surface area contributed by atoms with Crippen LogP contribution in [-0.2, 0) is 23.1 Å². The Balaban J connectivity index is 1.39. The Morgan fingerprint density at radius 2 is 1.57 bits per heavy atom. The molecule has 3 aromatic rings. The third-order valence-electron chi connectivity index (χ3n) is 7.37. The molecule has 4 rings (SSSR count). The van der Waals surface area contributed by atoms with E-state index in [-0.39, 0.29) is 11.8 Å². The molecule has 0 radical (unpaired) electrons. The summed E-state index contributed by atoms with van der Waals surface area (Å²) in [4.78, 5) is 18.7. The molecule has 35 heavy (non-hydrogen) atoms. The van der Waals surface area contributed by atoms with Gasteiger partial charge < -0.3 is 16.0 Å². The van der Waals surface area contributed by atoms with Crippen molar-refractivity contribution >= 4 is 17.2 Å². The second-order valence-corrected chi connectivity index (χ2v) is 10.9. The Morgan fingerprint density at radius 1 is 0.971 bits per heavy atom. The molecule has 1 atom stereocenters. The molecule has 1 amide bonds. The Morgan fingerprint density at radius 3 is 2.14 bits per heavy atom. The summed E-state index contributed by atoms with van der Waals surface area (Å²) in [7, 11) is 0. The fraction of sp³-hybridized carbons (Fsp3) is 0.433. The van der Waals surface area contributed by atoms with Crippen molar-refractivity contribution in [3.8, 4) is 0 Å². The number of carbonyl (C=O) groups is 1. The van der Waals surface area contributed by atoms with Gasteiger partial charge in [0.1, 0.15) is 5.41 Å². The topological polar surface area (TPSA) is 58.4 Å². The molecule has 0 bridgehead atoms. The molecule has 2 heterocycles. The highest BCUT2D eigenvalue weighted by atomic mass is 32.1. The number of primary amides is 1. The van der Waals surface area contributed by atoms with E-state index in [1.165, 1.54) is 22.6 Å². The second kappa shape index (κ2) is 12.5. The van der Waals surface area contributed by atoms with Gasteiger partial charge in [-0.05, 0) is 87.5 Å². The monoisotopic (exact) mass is 489 g/mol. The molecule has 0 saturated carbocycles. The number of nitrogens with one attached hydrogen (secondary N) is 1. The summed E-state index contributed by atoms with van der Waals surface area (Å²) >= 11 is 1.97. The summed E-state index contributed by atoms with van der Waals surface area (Å²) in [6.45, 7) is 7.26. The molecular weight excluding hydrogens is 450 g/mol. The number of benzene rings is 2. The van der Waals surface area contributed by atoms with E-state index in [9.17, 15) is 4.79 Å². The van der Waals surface area contributed by atoms with Crippen LogP contribution in [0.4, 0.5) is 0 Å². The maximum Gasteiger partial charge on any atom is 0.232 e. The van der Waals surface area contributed by atoms with Crippen molar-refractivity contribution in [2.75, 3.05) is 32.7 Å². The Kier molecular flexibility index (Phi) is 9.13. The number of amides is 1. The lowest BCUT2D eigenvalue weighted by Gasteiger charge is -2.37. The SMILES string of the molecule is CCNCCCc1ccc(CCCN2CCC(C(C(N)=O)(c3ccccc3)c3ccccc3)C2)s1. The van der Waals surface area contributed by atoms with Crippen molar-refractivity contribution in [3.05, 3.63) is 93.7 Å². The summed E-state index contributed by atoms with van der Waals surface area (Å²) in [6, 6.07) is 24.9. The molecule has 1 saturated heterocycles. The van der Waals surface area contributed by atoms with Gasteiger partial charge in [-0.3, -0.25) is 4.79 Å². The normalized spacial score (nSPS) is 16.5. The quantitative estimate of drug-likeness (QED) is 0.332. The van der Waals surface area contributed by atoms with Gasteiger partial charge in [-0.25, -0.2) is 0 Å². The highest BCUT2D eigenvalue weighted by Crippen LogP contribution is 2.43. The zero-order chi connectivity index (χ0) is 24.5. The van der Waals surface area contributed by atoms with Crippen molar-refractivity contribution in [3.63, 3.8) is 0 Å². The van der Waals surface area contributed by atoms with Crippen LogP contribution in [0.1, 0.15) is 47.1 Å². The van der Waals surface area contributed by atoms with E-state index >= 15 is 0 Å². The average molecular weight is 490 g/mol. The Labute approximate surface area is 214 Å². The number of aryl methyl sites for hydroxylation is 2. The average Bonchev–Trinajstić information content (AvgIpc) is 3.54. The molecule has 186 valence electrons. The number of nitrogens with two attached hydrogens (primary N) is 1. The van der Waals surface area contributed by atoms with Crippen molar-refractivity contribution in [1.82, 2.24) is 10.2 Å². The first kappa shape index (κ1) is 25.6. The molecule has 0 spiro atoms. The van der Waals surface area contributed by atoms with Gasteiger partial charge in [0.25, 0.3) is 0 Å².